The maximum Gasteiger partial charge on any atom is 0.246 e. The zero-order valence-corrected chi connectivity index (χ0v) is 25.5. The molecule has 2 aromatic heterocycles. The van der Waals surface area contributed by atoms with E-state index in [-0.39, 0.29) is 17.9 Å². The van der Waals surface area contributed by atoms with Crippen molar-refractivity contribution in [2.24, 2.45) is 10.7 Å². The van der Waals surface area contributed by atoms with Crippen molar-refractivity contribution in [3.05, 3.63) is 90.9 Å². The normalized spacial score (nSPS) is 13.9. The number of rotatable bonds is 11. The monoisotopic (exact) mass is 609 g/mol. The van der Waals surface area contributed by atoms with Crippen LogP contribution in [-0.2, 0) is 10.4 Å². The van der Waals surface area contributed by atoms with Crippen LogP contribution in [0.4, 0.5) is 17.2 Å². The average Bonchev–Trinajstić information content (AvgIpc) is 2.99. The quantitative estimate of drug-likeness (QED) is 0.124. The molecule has 5 rings (SSSR count). The van der Waals surface area contributed by atoms with E-state index >= 15 is 0 Å². The number of fused-ring (bicyclic) bond motifs is 1. The van der Waals surface area contributed by atoms with Gasteiger partial charge in [0.25, 0.3) is 0 Å². The zero-order chi connectivity index (χ0) is 32.1. The summed E-state index contributed by atoms with van der Waals surface area (Å²) in [6, 6.07) is 12.5. The summed E-state index contributed by atoms with van der Waals surface area (Å²) in [6.45, 7) is 9.67. The Kier molecular flexibility index (Phi) is 8.96. The van der Waals surface area contributed by atoms with Crippen LogP contribution in [0.2, 0.25) is 0 Å². The molecule has 1 saturated heterocycles. The summed E-state index contributed by atoms with van der Waals surface area (Å²) in [6.07, 6.45) is 7.27. The fraction of sp³-hybridized carbons (Fsp3) is 0.242. The molecule has 12 nitrogen and oxygen atoms in total. The van der Waals surface area contributed by atoms with E-state index in [4.69, 9.17) is 19.9 Å². The number of ether oxygens (including phenoxy) is 3. The van der Waals surface area contributed by atoms with Gasteiger partial charge >= 0.3 is 0 Å². The summed E-state index contributed by atoms with van der Waals surface area (Å²) in [4.78, 5) is 30.9. The van der Waals surface area contributed by atoms with Gasteiger partial charge in [-0.05, 0) is 63.2 Å². The number of allylic oxidation sites excluding steroid dienone is 1. The Bertz CT molecular complexity index is 1780. The Balaban J connectivity index is 1.38. The van der Waals surface area contributed by atoms with E-state index in [2.05, 4.69) is 31.8 Å². The lowest BCUT2D eigenvalue weighted by molar-refractivity contribution is -0.134. The van der Waals surface area contributed by atoms with Gasteiger partial charge in [-0.3, -0.25) is 14.8 Å². The second kappa shape index (κ2) is 13.0. The molecular formula is C33H35N7O5. The van der Waals surface area contributed by atoms with Crippen molar-refractivity contribution in [3.63, 3.8) is 0 Å². The van der Waals surface area contributed by atoms with Crippen LogP contribution in [0.1, 0.15) is 25.1 Å². The highest BCUT2D eigenvalue weighted by Gasteiger charge is 2.32. The van der Waals surface area contributed by atoms with E-state index in [1.54, 1.807) is 62.4 Å². The molecule has 0 atom stereocenters. The smallest absolute Gasteiger partial charge is 0.246 e. The predicted octanol–water partition coefficient (Wildman–Crippen LogP) is 4.67. The molecule has 1 fully saturated rings. The summed E-state index contributed by atoms with van der Waals surface area (Å²) >= 11 is 0. The van der Waals surface area contributed by atoms with Gasteiger partial charge in [0.1, 0.15) is 24.0 Å². The molecule has 0 aliphatic carbocycles. The molecule has 4 aromatic rings. The van der Waals surface area contributed by atoms with Crippen LogP contribution in [0.5, 0.6) is 17.2 Å². The number of anilines is 2. The Hall–Kier alpha value is -5.49. The van der Waals surface area contributed by atoms with E-state index in [0.717, 1.165) is 5.69 Å². The Morgan fingerprint density at radius 3 is 2.64 bits per heavy atom. The lowest BCUT2D eigenvalue weighted by Crippen LogP contribution is -2.55. The molecule has 1 aliphatic heterocycles. The Morgan fingerprint density at radius 2 is 1.96 bits per heavy atom. The van der Waals surface area contributed by atoms with Crippen LogP contribution in [0, 0.1) is 6.92 Å². The van der Waals surface area contributed by atoms with Crippen LogP contribution >= 0.6 is 0 Å². The number of aromatic nitrogens is 3. The zero-order valence-electron chi connectivity index (χ0n) is 25.5. The lowest BCUT2D eigenvalue weighted by Gasteiger charge is -2.38. The topological polar surface area (TPSA) is 157 Å². The number of aliphatic hydroxyl groups is 1. The van der Waals surface area contributed by atoms with Crippen LogP contribution < -0.4 is 25.3 Å². The number of methoxy groups -OCH3 is 1. The van der Waals surface area contributed by atoms with Crippen LogP contribution in [-0.4, -0.2) is 63.4 Å². The van der Waals surface area contributed by atoms with Gasteiger partial charge in [-0.25, -0.2) is 9.97 Å². The van der Waals surface area contributed by atoms with Gasteiger partial charge in [-0.2, -0.15) is 0 Å². The lowest BCUT2D eigenvalue weighted by atomic mass is 9.96. The largest absolute Gasteiger partial charge is 0.493 e. The minimum atomic E-state index is -1.25. The summed E-state index contributed by atoms with van der Waals surface area (Å²) in [5.41, 5.74) is 8.19. The molecule has 4 N–H and O–H groups in total. The third-order valence-corrected chi connectivity index (χ3v) is 7.05. The summed E-state index contributed by atoms with van der Waals surface area (Å²) < 4.78 is 17.6. The van der Waals surface area contributed by atoms with Crippen molar-refractivity contribution in [3.8, 4) is 17.2 Å². The highest BCUT2D eigenvalue weighted by Crippen LogP contribution is 2.38. The maximum atomic E-state index is 11.8. The number of pyridine rings is 1. The molecule has 232 valence electrons. The average molecular weight is 610 g/mol. The molecule has 3 heterocycles. The van der Waals surface area contributed by atoms with E-state index in [9.17, 15) is 9.90 Å². The minimum absolute atomic E-state index is 0.118. The number of carbonyl (C=O) groups excluding carboxylic acids is 1. The minimum Gasteiger partial charge on any atom is -0.493 e. The third kappa shape index (κ3) is 7.36. The molecule has 0 radical (unpaired) electrons. The van der Waals surface area contributed by atoms with Gasteiger partial charge in [0.2, 0.25) is 5.91 Å². The van der Waals surface area contributed by atoms with Crippen molar-refractivity contribution < 1.29 is 24.1 Å². The molecule has 0 bridgehead atoms. The van der Waals surface area contributed by atoms with E-state index in [1.807, 2.05) is 19.1 Å². The van der Waals surface area contributed by atoms with Crippen molar-refractivity contribution in [2.45, 2.75) is 32.5 Å². The molecule has 0 unspecified atom stereocenters. The van der Waals surface area contributed by atoms with Gasteiger partial charge in [0.05, 0.1) is 43.2 Å². The van der Waals surface area contributed by atoms with Crippen molar-refractivity contribution in [2.75, 3.05) is 25.5 Å². The molecule has 2 aromatic carbocycles. The molecule has 0 spiro atoms. The van der Waals surface area contributed by atoms with Crippen LogP contribution in [0.15, 0.2) is 84.6 Å². The predicted molar refractivity (Wildman–Crippen MR) is 172 cm³/mol. The first-order valence-electron chi connectivity index (χ1n) is 14.2. The number of aliphatic imine (C=N–C) groups is 1. The van der Waals surface area contributed by atoms with Gasteiger partial charge in [-0.15, -0.1) is 0 Å². The number of nitrogens with one attached hydrogen (secondary N) is 1. The second-order valence-electron chi connectivity index (χ2n) is 10.9. The maximum absolute atomic E-state index is 11.8. The van der Waals surface area contributed by atoms with Crippen molar-refractivity contribution in [1.29, 1.82) is 0 Å². The molecule has 45 heavy (non-hydrogen) atoms. The fourth-order valence-electron chi connectivity index (χ4n) is 4.65. The number of nitrogens with zero attached hydrogens (tertiary/aromatic N) is 5. The highest BCUT2D eigenvalue weighted by molar-refractivity contribution is 5.93. The summed E-state index contributed by atoms with van der Waals surface area (Å²) in [5.74, 6) is 1.90. The van der Waals surface area contributed by atoms with E-state index in [1.165, 1.54) is 24.7 Å². The number of hydrogen-bond donors (Lipinski definition) is 3. The molecule has 12 heteroatoms. The second-order valence-corrected chi connectivity index (χ2v) is 10.9. The SMILES string of the molecule is C=CC(=O)N1CC(Oc2cc3c(Nc4ccc(OC(N)=CC=Nc5ccc(C)nc5)cc4C(C)(C)O)ncnc3cc2OC)C1. The molecule has 1 amide bonds. The van der Waals surface area contributed by atoms with Crippen molar-refractivity contribution >= 4 is 40.2 Å². The molecule has 1 aliphatic rings. The standard InChI is InChI=1S/C33H35N7O5/c1-6-31(41)40-17-23(18-40)44-29-14-24-27(15-28(29)43-5)37-19-38-32(24)39-26-10-9-22(13-25(26)33(3,4)42)45-30(34)11-12-35-21-8-7-20(2)36-16-21/h6-16,19,23,42H,1,17-18,34H2,2-5H3,(H,37,38,39). The van der Waals surface area contributed by atoms with Gasteiger partial charge in [-0.1, -0.05) is 6.58 Å². The van der Waals surface area contributed by atoms with Gasteiger partial charge in [0.15, 0.2) is 17.4 Å². The van der Waals surface area contributed by atoms with Crippen molar-refractivity contribution in [1.82, 2.24) is 19.9 Å². The first-order chi connectivity index (χ1) is 21.5. The summed E-state index contributed by atoms with van der Waals surface area (Å²) in [7, 11) is 1.55. The summed E-state index contributed by atoms with van der Waals surface area (Å²) in [5, 5.41) is 15.1. The van der Waals surface area contributed by atoms with E-state index in [0.29, 0.717) is 64.0 Å². The number of carbonyl (C=O) groups is 1. The Morgan fingerprint density at radius 1 is 1.16 bits per heavy atom. The number of hydrogen-bond acceptors (Lipinski definition) is 11. The number of aryl methyl sites for hydroxylation is 1. The molecule has 0 saturated carbocycles. The first kappa shape index (κ1) is 31.0. The molecular weight excluding hydrogens is 574 g/mol. The third-order valence-electron chi connectivity index (χ3n) is 7.05. The number of benzene rings is 2. The Labute approximate surface area is 260 Å². The highest BCUT2D eigenvalue weighted by atomic mass is 16.5. The van der Waals surface area contributed by atoms with Gasteiger partial charge < -0.3 is 35.3 Å². The fourth-order valence-corrected chi connectivity index (χ4v) is 4.65. The first-order valence-corrected chi connectivity index (χ1v) is 14.2. The number of amides is 1. The van der Waals surface area contributed by atoms with E-state index < -0.39 is 5.60 Å². The number of likely N-dealkylation sites (tertiary alicyclic amines) is 1. The number of nitrogens with two attached hydrogens (primary N) is 1. The van der Waals surface area contributed by atoms with Crippen LogP contribution in [0.25, 0.3) is 10.9 Å². The van der Waals surface area contributed by atoms with Gasteiger partial charge in [0, 0.05) is 40.7 Å². The van der Waals surface area contributed by atoms with Crippen LogP contribution in [0.3, 0.4) is 0 Å².